The largest absolute Gasteiger partial charge is 0.375 e. The van der Waals surface area contributed by atoms with Crippen molar-refractivity contribution < 1.29 is 4.39 Å². The molecule has 2 aromatic rings. The average Bonchev–Trinajstić information content (AvgIpc) is 2.64. The fourth-order valence-electron chi connectivity index (χ4n) is 1.99. The van der Waals surface area contributed by atoms with Gasteiger partial charge in [-0.25, -0.2) is 9.37 Å². The van der Waals surface area contributed by atoms with Crippen LogP contribution in [0.4, 0.5) is 9.52 Å². The molecule has 4 heteroatoms. The maximum atomic E-state index is 13.1. The van der Waals surface area contributed by atoms with Gasteiger partial charge in [0.25, 0.3) is 0 Å². The molecule has 18 heavy (non-hydrogen) atoms. The third-order valence-electron chi connectivity index (χ3n) is 2.95. The lowest BCUT2D eigenvalue weighted by Gasteiger charge is -2.07. The molecule has 0 amide bonds. The van der Waals surface area contributed by atoms with Gasteiger partial charge in [-0.3, -0.25) is 0 Å². The van der Waals surface area contributed by atoms with Crippen molar-refractivity contribution in [1.29, 1.82) is 0 Å². The van der Waals surface area contributed by atoms with Gasteiger partial charge in [0.15, 0.2) is 5.13 Å². The first-order valence-corrected chi connectivity index (χ1v) is 6.79. The van der Waals surface area contributed by atoms with Gasteiger partial charge in [-0.1, -0.05) is 19.9 Å². The van der Waals surface area contributed by atoms with Crippen LogP contribution in [0.2, 0.25) is 0 Å². The molecule has 0 saturated heterocycles. The molecule has 0 unspecified atom stereocenters. The van der Waals surface area contributed by atoms with Crippen molar-refractivity contribution in [3.05, 3.63) is 45.7 Å². The molecule has 0 aliphatic heterocycles. The minimum atomic E-state index is -0.191. The van der Waals surface area contributed by atoms with Gasteiger partial charge >= 0.3 is 0 Å². The SMILES string of the molecule is Cc1cc(F)ccc1Cc1sc(N)nc1C(C)C. The summed E-state index contributed by atoms with van der Waals surface area (Å²) in [5.41, 5.74) is 8.93. The average molecular weight is 264 g/mol. The Kier molecular flexibility index (Phi) is 3.66. The van der Waals surface area contributed by atoms with Crippen LogP contribution >= 0.6 is 11.3 Å². The molecule has 0 saturated carbocycles. The van der Waals surface area contributed by atoms with Gasteiger partial charge in [0.05, 0.1) is 5.69 Å². The lowest BCUT2D eigenvalue weighted by molar-refractivity contribution is 0.626. The number of rotatable bonds is 3. The van der Waals surface area contributed by atoms with Crippen molar-refractivity contribution >= 4 is 16.5 Å². The Bertz CT molecular complexity index is 561. The minimum absolute atomic E-state index is 0.191. The molecule has 2 nitrogen and oxygen atoms in total. The van der Waals surface area contributed by atoms with E-state index in [1.807, 2.05) is 13.0 Å². The van der Waals surface area contributed by atoms with Crippen LogP contribution in [0.15, 0.2) is 18.2 Å². The van der Waals surface area contributed by atoms with Crippen molar-refractivity contribution in [3.8, 4) is 0 Å². The van der Waals surface area contributed by atoms with Crippen LogP contribution in [0.1, 0.15) is 41.5 Å². The molecule has 0 spiro atoms. The second-order valence-electron chi connectivity index (χ2n) is 4.76. The summed E-state index contributed by atoms with van der Waals surface area (Å²) in [6.45, 7) is 6.14. The van der Waals surface area contributed by atoms with Gasteiger partial charge in [-0.15, -0.1) is 11.3 Å². The fourth-order valence-corrected chi connectivity index (χ4v) is 3.00. The summed E-state index contributed by atoms with van der Waals surface area (Å²) in [7, 11) is 0. The van der Waals surface area contributed by atoms with Gasteiger partial charge < -0.3 is 5.73 Å². The Hall–Kier alpha value is -1.42. The molecule has 1 aromatic carbocycles. The number of benzene rings is 1. The van der Waals surface area contributed by atoms with E-state index < -0.39 is 0 Å². The third kappa shape index (κ3) is 2.70. The molecule has 0 fully saturated rings. The second kappa shape index (κ2) is 5.06. The normalized spacial score (nSPS) is 11.2. The zero-order valence-electron chi connectivity index (χ0n) is 10.8. The van der Waals surface area contributed by atoms with Crippen LogP contribution in [0.25, 0.3) is 0 Å². The Morgan fingerprint density at radius 1 is 1.39 bits per heavy atom. The molecule has 96 valence electrons. The van der Waals surface area contributed by atoms with Crippen LogP contribution in [0, 0.1) is 12.7 Å². The summed E-state index contributed by atoms with van der Waals surface area (Å²) in [6, 6.07) is 4.90. The summed E-state index contributed by atoms with van der Waals surface area (Å²) >= 11 is 1.52. The number of nitrogen functional groups attached to an aromatic ring is 1. The summed E-state index contributed by atoms with van der Waals surface area (Å²) in [5.74, 6) is 0.165. The van der Waals surface area contributed by atoms with E-state index in [4.69, 9.17) is 5.73 Å². The molecule has 0 aliphatic rings. The summed E-state index contributed by atoms with van der Waals surface area (Å²) in [6.07, 6.45) is 0.772. The zero-order chi connectivity index (χ0) is 13.3. The van der Waals surface area contributed by atoms with E-state index in [0.717, 1.165) is 23.2 Å². The highest BCUT2D eigenvalue weighted by Gasteiger charge is 2.14. The van der Waals surface area contributed by atoms with Crippen LogP contribution in [-0.2, 0) is 6.42 Å². The Morgan fingerprint density at radius 2 is 2.11 bits per heavy atom. The van der Waals surface area contributed by atoms with E-state index in [0.29, 0.717) is 11.0 Å². The van der Waals surface area contributed by atoms with E-state index in [9.17, 15) is 4.39 Å². The Labute approximate surface area is 111 Å². The van der Waals surface area contributed by atoms with Crippen molar-refractivity contribution in [3.63, 3.8) is 0 Å². The number of hydrogen-bond acceptors (Lipinski definition) is 3. The standard InChI is InChI=1S/C14H17FN2S/c1-8(2)13-12(18-14(16)17-13)7-10-4-5-11(15)6-9(10)3/h4-6,8H,7H2,1-3H3,(H2,16,17). The molecule has 1 heterocycles. The van der Waals surface area contributed by atoms with Gasteiger partial charge in [-0.2, -0.15) is 0 Å². The highest BCUT2D eigenvalue weighted by atomic mass is 32.1. The number of hydrogen-bond donors (Lipinski definition) is 1. The summed E-state index contributed by atoms with van der Waals surface area (Å²) in [5, 5.41) is 0.605. The second-order valence-corrected chi connectivity index (χ2v) is 5.88. The lowest BCUT2D eigenvalue weighted by atomic mass is 10.0. The Balaban J connectivity index is 2.33. The Morgan fingerprint density at radius 3 is 2.72 bits per heavy atom. The number of halogens is 1. The molecule has 2 N–H and O–H groups in total. The third-order valence-corrected chi connectivity index (χ3v) is 3.85. The molecule has 0 atom stereocenters. The van der Waals surface area contributed by atoms with Gasteiger partial charge in [0, 0.05) is 11.3 Å². The number of nitrogens with two attached hydrogens (primary N) is 1. The minimum Gasteiger partial charge on any atom is -0.375 e. The molecular formula is C14H17FN2S. The predicted octanol–water partition coefficient (Wildman–Crippen LogP) is 3.89. The molecule has 0 bridgehead atoms. The first-order chi connectivity index (χ1) is 8.47. The van der Waals surface area contributed by atoms with E-state index in [-0.39, 0.29) is 5.82 Å². The maximum Gasteiger partial charge on any atom is 0.180 e. The molecule has 2 rings (SSSR count). The topological polar surface area (TPSA) is 38.9 Å². The highest BCUT2D eigenvalue weighted by Crippen LogP contribution is 2.29. The molecular weight excluding hydrogens is 247 g/mol. The van der Waals surface area contributed by atoms with Gasteiger partial charge in [0.2, 0.25) is 0 Å². The van der Waals surface area contributed by atoms with Crippen molar-refractivity contribution in [2.24, 2.45) is 0 Å². The fraction of sp³-hybridized carbons (Fsp3) is 0.357. The lowest BCUT2D eigenvalue weighted by Crippen LogP contribution is -1.97. The molecule has 1 aromatic heterocycles. The van der Waals surface area contributed by atoms with Crippen molar-refractivity contribution in [1.82, 2.24) is 4.98 Å². The van der Waals surface area contributed by atoms with E-state index in [1.165, 1.54) is 22.3 Å². The van der Waals surface area contributed by atoms with Crippen LogP contribution in [0.5, 0.6) is 0 Å². The van der Waals surface area contributed by atoms with Crippen LogP contribution < -0.4 is 5.73 Å². The number of aromatic nitrogens is 1. The zero-order valence-corrected chi connectivity index (χ0v) is 11.6. The van der Waals surface area contributed by atoms with Gasteiger partial charge in [-0.05, 0) is 36.1 Å². The van der Waals surface area contributed by atoms with Crippen molar-refractivity contribution in [2.75, 3.05) is 5.73 Å². The summed E-state index contributed by atoms with van der Waals surface area (Å²) in [4.78, 5) is 5.55. The first-order valence-electron chi connectivity index (χ1n) is 5.97. The van der Waals surface area contributed by atoms with Crippen LogP contribution in [0.3, 0.4) is 0 Å². The first kappa shape index (κ1) is 13.0. The van der Waals surface area contributed by atoms with Gasteiger partial charge in [0.1, 0.15) is 5.82 Å². The smallest absolute Gasteiger partial charge is 0.180 e. The van der Waals surface area contributed by atoms with E-state index in [2.05, 4.69) is 18.8 Å². The summed E-state index contributed by atoms with van der Waals surface area (Å²) < 4.78 is 13.1. The van der Waals surface area contributed by atoms with E-state index in [1.54, 1.807) is 6.07 Å². The van der Waals surface area contributed by atoms with E-state index >= 15 is 0 Å². The number of anilines is 1. The highest BCUT2D eigenvalue weighted by molar-refractivity contribution is 7.15. The number of aryl methyl sites for hydroxylation is 1. The molecule has 0 aliphatic carbocycles. The van der Waals surface area contributed by atoms with Crippen molar-refractivity contribution in [2.45, 2.75) is 33.1 Å². The predicted molar refractivity (Wildman–Crippen MR) is 74.6 cm³/mol. The maximum absolute atomic E-state index is 13.1. The number of nitrogens with zero attached hydrogens (tertiary/aromatic N) is 1. The number of thiazole rings is 1. The monoisotopic (exact) mass is 264 g/mol. The quantitative estimate of drug-likeness (QED) is 0.913. The van der Waals surface area contributed by atoms with Crippen LogP contribution in [-0.4, -0.2) is 4.98 Å². The molecule has 0 radical (unpaired) electrons.